The van der Waals surface area contributed by atoms with Gasteiger partial charge in [0.25, 0.3) is 16.1 Å². The van der Waals surface area contributed by atoms with Crippen LogP contribution in [0.25, 0.3) is 0 Å². The summed E-state index contributed by atoms with van der Waals surface area (Å²) in [5, 5.41) is 0. The number of aryl methyl sites for hydroxylation is 1. The van der Waals surface area contributed by atoms with Gasteiger partial charge in [0.2, 0.25) is 0 Å². The third-order valence-electron chi connectivity index (χ3n) is 5.23. The molecule has 2 bridgehead atoms. The second kappa shape index (κ2) is 7.54. The maximum Gasteiger partial charge on any atom is 0.281 e. The SMILES string of the molecule is Cc1ccccc1OCC(=O)N1C[C@@H]2CC[C@H]1CN(S(=O)(=O)N(C)C)C2. The molecule has 1 aromatic rings. The Labute approximate surface area is 155 Å². The van der Waals surface area contributed by atoms with Crippen molar-refractivity contribution in [1.29, 1.82) is 0 Å². The van der Waals surface area contributed by atoms with E-state index in [2.05, 4.69) is 0 Å². The zero-order valence-corrected chi connectivity index (χ0v) is 16.4. The van der Waals surface area contributed by atoms with E-state index in [-0.39, 0.29) is 24.5 Å². The topological polar surface area (TPSA) is 70.2 Å². The van der Waals surface area contributed by atoms with E-state index >= 15 is 0 Å². The number of hydrogen-bond acceptors (Lipinski definition) is 4. The van der Waals surface area contributed by atoms with Gasteiger partial charge in [-0.25, -0.2) is 0 Å². The molecule has 0 saturated carbocycles. The molecule has 0 spiro atoms. The van der Waals surface area contributed by atoms with Gasteiger partial charge < -0.3 is 9.64 Å². The molecule has 3 heterocycles. The predicted molar refractivity (Wildman–Crippen MR) is 99.1 cm³/mol. The van der Waals surface area contributed by atoms with Crippen molar-refractivity contribution in [1.82, 2.24) is 13.5 Å². The summed E-state index contributed by atoms with van der Waals surface area (Å²) >= 11 is 0. The molecule has 3 fully saturated rings. The first-order valence-electron chi connectivity index (χ1n) is 8.94. The van der Waals surface area contributed by atoms with Gasteiger partial charge in [-0.15, -0.1) is 0 Å². The van der Waals surface area contributed by atoms with E-state index in [1.54, 1.807) is 14.1 Å². The van der Waals surface area contributed by atoms with Crippen LogP contribution in [0.4, 0.5) is 0 Å². The van der Waals surface area contributed by atoms with Crippen LogP contribution in [0.2, 0.25) is 0 Å². The molecule has 1 aromatic carbocycles. The fourth-order valence-electron chi connectivity index (χ4n) is 3.70. The highest BCUT2D eigenvalue weighted by atomic mass is 32.2. The summed E-state index contributed by atoms with van der Waals surface area (Å²) in [6.45, 7) is 3.35. The molecule has 3 aliphatic rings. The van der Waals surface area contributed by atoms with Crippen molar-refractivity contribution >= 4 is 16.1 Å². The Morgan fingerprint density at radius 1 is 1.19 bits per heavy atom. The van der Waals surface area contributed by atoms with Crippen molar-refractivity contribution in [3.05, 3.63) is 29.8 Å². The van der Waals surface area contributed by atoms with Crippen molar-refractivity contribution in [2.24, 2.45) is 5.92 Å². The minimum Gasteiger partial charge on any atom is -0.484 e. The molecule has 26 heavy (non-hydrogen) atoms. The van der Waals surface area contributed by atoms with Crippen LogP contribution in [-0.2, 0) is 15.0 Å². The number of amides is 1. The molecule has 3 saturated heterocycles. The first-order chi connectivity index (χ1) is 12.3. The highest BCUT2D eigenvalue weighted by molar-refractivity contribution is 7.86. The molecule has 0 aromatic heterocycles. The Morgan fingerprint density at radius 2 is 1.92 bits per heavy atom. The molecule has 144 valence electrons. The second-order valence-electron chi connectivity index (χ2n) is 7.30. The number of ether oxygens (including phenoxy) is 1. The van der Waals surface area contributed by atoms with Gasteiger partial charge in [-0.1, -0.05) is 18.2 Å². The Balaban J connectivity index is 1.68. The summed E-state index contributed by atoms with van der Waals surface area (Å²) in [4.78, 5) is 14.6. The van der Waals surface area contributed by atoms with Crippen LogP contribution in [0, 0.1) is 12.8 Å². The number of fused-ring (bicyclic) bond motifs is 4. The normalized spacial score (nSPS) is 23.9. The third-order valence-corrected chi connectivity index (χ3v) is 7.11. The van der Waals surface area contributed by atoms with Crippen LogP contribution in [0.5, 0.6) is 5.75 Å². The average molecular weight is 381 g/mol. The maximum absolute atomic E-state index is 12.7. The van der Waals surface area contributed by atoms with Crippen molar-refractivity contribution in [3.8, 4) is 5.75 Å². The smallest absolute Gasteiger partial charge is 0.281 e. The lowest BCUT2D eigenvalue weighted by molar-refractivity contribution is -0.137. The molecule has 0 aliphatic carbocycles. The van der Waals surface area contributed by atoms with E-state index in [1.165, 1.54) is 8.61 Å². The minimum atomic E-state index is -3.46. The van der Waals surface area contributed by atoms with Crippen molar-refractivity contribution in [2.75, 3.05) is 40.3 Å². The average Bonchev–Trinajstić information content (AvgIpc) is 2.93. The Hall–Kier alpha value is -1.64. The highest BCUT2D eigenvalue weighted by Gasteiger charge is 2.41. The van der Waals surface area contributed by atoms with Gasteiger partial charge in [-0.05, 0) is 37.3 Å². The number of rotatable bonds is 5. The second-order valence-corrected chi connectivity index (χ2v) is 9.45. The number of hydrogen-bond donors (Lipinski definition) is 0. The van der Waals surface area contributed by atoms with Crippen LogP contribution >= 0.6 is 0 Å². The van der Waals surface area contributed by atoms with E-state index in [9.17, 15) is 13.2 Å². The van der Waals surface area contributed by atoms with Gasteiger partial charge in [0.1, 0.15) is 5.75 Å². The number of carbonyl (C=O) groups excluding carboxylic acids is 1. The van der Waals surface area contributed by atoms with Gasteiger partial charge in [0, 0.05) is 39.8 Å². The maximum atomic E-state index is 12.7. The fraction of sp³-hybridized carbons (Fsp3) is 0.611. The lowest BCUT2D eigenvalue weighted by atomic mass is 9.95. The molecule has 1 amide bonds. The van der Waals surface area contributed by atoms with Gasteiger partial charge in [0.15, 0.2) is 6.61 Å². The van der Waals surface area contributed by atoms with Crippen LogP contribution in [0.3, 0.4) is 0 Å². The summed E-state index contributed by atoms with van der Waals surface area (Å²) in [6, 6.07) is 7.51. The third kappa shape index (κ3) is 3.87. The monoisotopic (exact) mass is 381 g/mol. The Bertz CT molecular complexity index is 765. The zero-order valence-electron chi connectivity index (χ0n) is 15.6. The van der Waals surface area contributed by atoms with Crippen LogP contribution in [-0.4, -0.2) is 74.2 Å². The minimum absolute atomic E-state index is 0.0193. The van der Waals surface area contributed by atoms with E-state index in [4.69, 9.17) is 4.74 Å². The molecule has 0 radical (unpaired) electrons. The lowest BCUT2D eigenvalue weighted by Gasteiger charge is -2.36. The summed E-state index contributed by atoms with van der Waals surface area (Å²) in [6.07, 6.45) is 1.78. The van der Waals surface area contributed by atoms with E-state index < -0.39 is 10.2 Å². The van der Waals surface area contributed by atoms with Crippen molar-refractivity contribution < 1.29 is 17.9 Å². The molecule has 7 nitrogen and oxygen atoms in total. The first-order valence-corrected chi connectivity index (χ1v) is 10.3. The van der Waals surface area contributed by atoms with Crippen LogP contribution in [0.1, 0.15) is 18.4 Å². The standard InChI is InChI=1S/C18H27N3O4S/c1-14-6-4-5-7-17(14)25-13-18(22)21-11-15-8-9-16(21)12-20(10-15)26(23,24)19(2)3/h4-7,15-16H,8-13H2,1-3H3/t15-,16+/m1/s1. The molecular formula is C18H27N3O4S. The zero-order chi connectivity index (χ0) is 18.9. The van der Waals surface area contributed by atoms with Gasteiger partial charge in [-0.3, -0.25) is 4.79 Å². The predicted octanol–water partition coefficient (Wildman–Crippen LogP) is 1.10. The molecule has 2 atom stereocenters. The summed E-state index contributed by atoms with van der Waals surface area (Å²) < 4.78 is 33.5. The number of nitrogens with zero attached hydrogens (tertiary/aromatic N) is 3. The van der Waals surface area contributed by atoms with Crippen LogP contribution in [0.15, 0.2) is 24.3 Å². The molecular weight excluding hydrogens is 354 g/mol. The number of benzene rings is 1. The summed E-state index contributed by atoms with van der Waals surface area (Å²) in [7, 11) is -0.376. The molecule has 8 heteroatoms. The molecule has 4 rings (SSSR count). The van der Waals surface area contributed by atoms with Crippen molar-refractivity contribution in [2.45, 2.75) is 25.8 Å². The summed E-state index contributed by atoms with van der Waals surface area (Å²) in [5.74, 6) is 0.801. The summed E-state index contributed by atoms with van der Waals surface area (Å²) in [5.41, 5.74) is 0.987. The number of carbonyl (C=O) groups is 1. The number of piperidine rings is 1. The van der Waals surface area contributed by atoms with E-state index in [0.29, 0.717) is 25.4 Å². The fourth-order valence-corrected chi connectivity index (χ4v) is 4.93. The quantitative estimate of drug-likeness (QED) is 0.766. The Morgan fingerprint density at radius 3 is 2.62 bits per heavy atom. The highest BCUT2D eigenvalue weighted by Crippen LogP contribution is 2.30. The lowest BCUT2D eigenvalue weighted by Crippen LogP contribution is -2.50. The number of para-hydroxylation sites is 1. The molecule has 0 N–H and O–H groups in total. The van der Waals surface area contributed by atoms with Gasteiger partial charge in [-0.2, -0.15) is 17.0 Å². The van der Waals surface area contributed by atoms with E-state index in [1.807, 2.05) is 36.1 Å². The van der Waals surface area contributed by atoms with Crippen molar-refractivity contribution in [3.63, 3.8) is 0 Å². The largest absolute Gasteiger partial charge is 0.484 e. The van der Waals surface area contributed by atoms with Crippen LogP contribution < -0.4 is 4.74 Å². The van der Waals surface area contributed by atoms with E-state index in [0.717, 1.165) is 18.4 Å². The Kier molecular flexibility index (Phi) is 5.55. The van der Waals surface area contributed by atoms with Gasteiger partial charge >= 0.3 is 0 Å². The van der Waals surface area contributed by atoms with Gasteiger partial charge in [0.05, 0.1) is 0 Å². The first kappa shape index (κ1) is 19.1. The molecule has 3 aliphatic heterocycles. The molecule has 0 unspecified atom stereocenters.